The summed E-state index contributed by atoms with van der Waals surface area (Å²) in [5.74, 6) is 0. The van der Waals surface area contributed by atoms with E-state index >= 15 is 0 Å². The molecular weight excluding hydrogens is 230 g/mol. The maximum atomic E-state index is 8.97. The van der Waals surface area contributed by atoms with Gasteiger partial charge in [-0.15, -0.1) is 0 Å². The molecule has 0 radical (unpaired) electrons. The Kier molecular flexibility index (Phi) is 6.75. The number of anilines is 1. The summed E-state index contributed by atoms with van der Waals surface area (Å²) in [5.41, 5.74) is 0.590. The number of oxazole rings is 1. The Bertz CT molecular complexity index is 324. The van der Waals surface area contributed by atoms with Crippen LogP contribution in [0.2, 0.25) is 0 Å². The molecule has 1 N–H and O–H groups in total. The summed E-state index contributed by atoms with van der Waals surface area (Å²) in [6.45, 7) is 11.5. The summed E-state index contributed by atoms with van der Waals surface area (Å²) in [5, 5.41) is 8.97. The van der Waals surface area contributed by atoms with Gasteiger partial charge in [0, 0.05) is 13.1 Å². The maximum absolute atomic E-state index is 8.97. The largest absolute Gasteiger partial charge is 0.432 e. The summed E-state index contributed by atoms with van der Waals surface area (Å²) in [4.78, 5) is 8.74. The number of nitrogens with zero attached hydrogens (tertiary/aromatic N) is 3. The molecule has 1 aromatic rings. The molecule has 0 aliphatic carbocycles. The number of aliphatic hydroxyl groups excluding tert-OH is 1. The molecule has 1 heterocycles. The standard InChI is InChI=1S/C13H25N3O2/c1-4-15(5-2)8-7-9-16(6-3)13-14-12(10-17)11-18-13/h11,17H,4-10H2,1-3H3. The summed E-state index contributed by atoms with van der Waals surface area (Å²) in [6, 6.07) is 0.612. The van der Waals surface area contributed by atoms with Gasteiger partial charge in [0.25, 0.3) is 6.01 Å². The molecule has 0 spiro atoms. The van der Waals surface area contributed by atoms with E-state index < -0.39 is 0 Å². The fourth-order valence-corrected chi connectivity index (χ4v) is 1.93. The van der Waals surface area contributed by atoms with Gasteiger partial charge >= 0.3 is 0 Å². The molecule has 0 aliphatic heterocycles. The van der Waals surface area contributed by atoms with Gasteiger partial charge in [-0.25, -0.2) is 0 Å². The van der Waals surface area contributed by atoms with Gasteiger partial charge in [0.15, 0.2) is 0 Å². The molecule has 104 valence electrons. The third-order valence-electron chi connectivity index (χ3n) is 3.15. The molecule has 5 heteroatoms. The summed E-state index contributed by atoms with van der Waals surface area (Å²) in [6.07, 6.45) is 2.61. The number of rotatable bonds is 9. The molecule has 0 saturated heterocycles. The molecule has 0 unspecified atom stereocenters. The Balaban J connectivity index is 2.42. The molecular formula is C13H25N3O2. The first kappa shape index (κ1) is 15.0. The summed E-state index contributed by atoms with van der Waals surface area (Å²) < 4.78 is 5.36. The van der Waals surface area contributed by atoms with Crippen LogP contribution in [-0.4, -0.2) is 47.7 Å². The van der Waals surface area contributed by atoms with Gasteiger partial charge in [-0.05, 0) is 33.0 Å². The van der Waals surface area contributed by atoms with E-state index in [2.05, 4.69) is 35.6 Å². The number of aliphatic hydroxyl groups is 1. The van der Waals surface area contributed by atoms with E-state index in [1.54, 1.807) is 0 Å². The molecule has 5 nitrogen and oxygen atoms in total. The second-order valence-electron chi connectivity index (χ2n) is 4.24. The molecule has 1 rings (SSSR count). The van der Waals surface area contributed by atoms with E-state index in [9.17, 15) is 0 Å². The lowest BCUT2D eigenvalue weighted by molar-refractivity contribution is 0.276. The van der Waals surface area contributed by atoms with E-state index in [0.717, 1.165) is 39.1 Å². The number of hydrogen-bond acceptors (Lipinski definition) is 5. The van der Waals surface area contributed by atoms with Crippen LogP contribution in [0, 0.1) is 0 Å². The molecule has 1 aromatic heterocycles. The van der Waals surface area contributed by atoms with Gasteiger partial charge in [-0.2, -0.15) is 4.98 Å². The van der Waals surface area contributed by atoms with Crippen molar-refractivity contribution in [2.45, 2.75) is 33.8 Å². The molecule has 0 aromatic carbocycles. The minimum absolute atomic E-state index is 0.0689. The van der Waals surface area contributed by atoms with Crippen molar-refractivity contribution in [3.63, 3.8) is 0 Å². The molecule has 0 bridgehead atoms. The highest BCUT2D eigenvalue weighted by molar-refractivity contribution is 5.26. The average Bonchev–Trinajstić information content (AvgIpc) is 2.88. The van der Waals surface area contributed by atoms with Crippen LogP contribution in [0.5, 0.6) is 0 Å². The van der Waals surface area contributed by atoms with Gasteiger partial charge in [0.2, 0.25) is 0 Å². The lowest BCUT2D eigenvalue weighted by Crippen LogP contribution is -2.30. The van der Waals surface area contributed by atoms with Crippen LogP contribution in [0.3, 0.4) is 0 Å². The SMILES string of the molecule is CCN(CC)CCCN(CC)c1nc(CO)co1. The predicted molar refractivity (Wildman–Crippen MR) is 72.7 cm³/mol. The fraction of sp³-hybridized carbons (Fsp3) is 0.769. The molecule has 0 atom stereocenters. The van der Waals surface area contributed by atoms with Crippen LogP contribution in [-0.2, 0) is 6.61 Å². The monoisotopic (exact) mass is 255 g/mol. The number of aromatic nitrogens is 1. The first-order valence-electron chi connectivity index (χ1n) is 6.77. The zero-order chi connectivity index (χ0) is 13.4. The van der Waals surface area contributed by atoms with Crippen LogP contribution in [0.4, 0.5) is 6.01 Å². The third kappa shape index (κ3) is 4.31. The zero-order valence-corrected chi connectivity index (χ0v) is 11.7. The van der Waals surface area contributed by atoms with Crippen molar-refractivity contribution >= 4 is 6.01 Å². The van der Waals surface area contributed by atoms with Crippen molar-refractivity contribution in [3.8, 4) is 0 Å². The van der Waals surface area contributed by atoms with Crippen molar-refractivity contribution in [2.75, 3.05) is 37.6 Å². The Morgan fingerprint density at radius 1 is 1.17 bits per heavy atom. The smallest absolute Gasteiger partial charge is 0.297 e. The van der Waals surface area contributed by atoms with E-state index in [0.29, 0.717) is 11.7 Å². The molecule has 0 saturated carbocycles. The van der Waals surface area contributed by atoms with Gasteiger partial charge < -0.3 is 19.3 Å². The normalized spacial score (nSPS) is 11.2. The van der Waals surface area contributed by atoms with Crippen molar-refractivity contribution in [2.24, 2.45) is 0 Å². The van der Waals surface area contributed by atoms with Gasteiger partial charge in [-0.1, -0.05) is 13.8 Å². The first-order valence-corrected chi connectivity index (χ1v) is 6.77. The van der Waals surface area contributed by atoms with Crippen LogP contribution in [0.1, 0.15) is 32.9 Å². The van der Waals surface area contributed by atoms with E-state index in [-0.39, 0.29) is 6.61 Å². The first-order chi connectivity index (χ1) is 8.74. The summed E-state index contributed by atoms with van der Waals surface area (Å²) >= 11 is 0. The maximum Gasteiger partial charge on any atom is 0.297 e. The van der Waals surface area contributed by atoms with E-state index in [1.165, 1.54) is 6.26 Å². The zero-order valence-electron chi connectivity index (χ0n) is 11.7. The Labute approximate surface area is 109 Å². The molecule has 0 aliphatic rings. The lowest BCUT2D eigenvalue weighted by Gasteiger charge is -2.22. The Morgan fingerprint density at radius 3 is 2.39 bits per heavy atom. The topological polar surface area (TPSA) is 52.7 Å². The van der Waals surface area contributed by atoms with Crippen LogP contribution >= 0.6 is 0 Å². The third-order valence-corrected chi connectivity index (χ3v) is 3.15. The minimum atomic E-state index is -0.0689. The van der Waals surface area contributed by atoms with Crippen LogP contribution < -0.4 is 4.90 Å². The van der Waals surface area contributed by atoms with Crippen LogP contribution in [0.25, 0.3) is 0 Å². The van der Waals surface area contributed by atoms with E-state index in [1.807, 2.05) is 0 Å². The lowest BCUT2D eigenvalue weighted by atomic mass is 10.3. The average molecular weight is 255 g/mol. The van der Waals surface area contributed by atoms with Crippen LogP contribution in [0.15, 0.2) is 10.7 Å². The second-order valence-corrected chi connectivity index (χ2v) is 4.24. The highest BCUT2D eigenvalue weighted by atomic mass is 16.4. The fourth-order valence-electron chi connectivity index (χ4n) is 1.93. The highest BCUT2D eigenvalue weighted by Gasteiger charge is 2.11. The minimum Gasteiger partial charge on any atom is -0.432 e. The predicted octanol–water partition coefficient (Wildman–Crippen LogP) is 1.73. The summed E-state index contributed by atoms with van der Waals surface area (Å²) in [7, 11) is 0. The van der Waals surface area contributed by atoms with Gasteiger partial charge in [0.1, 0.15) is 12.0 Å². The van der Waals surface area contributed by atoms with E-state index in [4.69, 9.17) is 9.52 Å². The van der Waals surface area contributed by atoms with Crippen molar-refractivity contribution in [1.29, 1.82) is 0 Å². The van der Waals surface area contributed by atoms with Crippen molar-refractivity contribution in [3.05, 3.63) is 12.0 Å². The Hall–Kier alpha value is -1.07. The van der Waals surface area contributed by atoms with Crippen molar-refractivity contribution < 1.29 is 9.52 Å². The molecule has 0 amide bonds. The highest BCUT2D eigenvalue weighted by Crippen LogP contribution is 2.13. The number of hydrogen-bond donors (Lipinski definition) is 1. The van der Waals surface area contributed by atoms with Gasteiger partial charge in [0.05, 0.1) is 6.61 Å². The Morgan fingerprint density at radius 2 is 1.89 bits per heavy atom. The molecule has 0 fully saturated rings. The van der Waals surface area contributed by atoms with Crippen molar-refractivity contribution in [1.82, 2.24) is 9.88 Å². The molecule has 18 heavy (non-hydrogen) atoms. The quantitative estimate of drug-likeness (QED) is 0.728. The van der Waals surface area contributed by atoms with Gasteiger partial charge in [-0.3, -0.25) is 0 Å². The second kappa shape index (κ2) is 8.11.